The van der Waals surface area contributed by atoms with Gasteiger partial charge in [0.25, 0.3) is 0 Å². The van der Waals surface area contributed by atoms with E-state index in [0.717, 1.165) is 44.8 Å². The second-order valence-electron chi connectivity index (χ2n) is 5.18. The highest BCUT2D eigenvalue weighted by Crippen LogP contribution is 2.40. The third-order valence-corrected chi connectivity index (χ3v) is 4.19. The molecule has 0 aromatic carbocycles. The van der Waals surface area contributed by atoms with Crippen molar-refractivity contribution >= 4 is 12.1 Å². The fourth-order valence-electron chi connectivity index (χ4n) is 3.20. The molecule has 0 heterocycles. The molecule has 0 aromatic rings. The number of aldehydes is 1. The van der Waals surface area contributed by atoms with Gasteiger partial charge in [0, 0.05) is 5.92 Å². The zero-order valence-corrected chi connectivity index (χ0v) is 9.34. The van der Waals surface area contributed by atoms with Crippen molar-refractivity contribution in [1.82, 2.24) is 0 Å². The number of ketones is 1. The number of rotatable bonds is 3. The molecule has 2 saturated carbocycles. The van der Waals surface area contributed by atoms with Gasteiger partial charge in [-0.15, -0.1) is 0 Å². The van der Waals surface area contributed by atoms with Crippen LogP contribution in [0.3, 0.4) is 0 Å². The van der Waals surface area contributed by atoms with Gasteiger partial charge in [-0.1, -0.05) is 32.1 Å². The van der Waals surface area contributed by atoms with Gasteiger partial charge in [0.1, 0.15) is 12.1 Å². The molecule has 0 amide bonds. The van der Waals surface area contributed by atoms with Gasteiger partial charge in [-0.2, -0.15) is 0 Å². The fourth-order valence-corrected chi connectivity index (χ4v) is 3.20. The van der Waals surface area contributed by atoms with Gasteiger partial charge in [-0.3, -0.25) is 4.79 Å². The Kier molecular flexibility index (Phi) is 3.22. The predicted octanol–water partition coefficient (Wildman–Crippen LogP) is 2.90. The summed E-state index contributed by atoms with van der Waals surface area (Å²) in [7, 11) is 0. The van der Waals surface area contributed by atoms with Crippen molar-refractivity contribution in [3.05, 3.63) is 0 Å². The summed E-state index contributed by atoms with van der Waals surface area (Å²) in [4.78, 5) is 23.6. The molecule has 2 aliphatic carbocycles. The highest BCUT2D eigenvalue weighted by molar-refractivity contribution is 5.99. The molecule has 15 heavy (non-hydrogen) atoms. The standard InChI is InChI=1S/C13H20O2/c14-10-13(8-4-1-5-9-13)12(15)11-6-2-3-7-11/h10-11H,1-9H2. The highest BCUT2D eigenvalue weighted by atomic mass is 16.1. The Morgan fingerprint density at radius 1 is 1.00 bits per heavy atom. The van der Waals surface area contributed by atoms with Crippen LogP contribution in [0.15, 0.2) is 0 Å². The molecule has 0 radical (unpaired) electrons. The maximum absolute atomic E-state index is 12.3. The first-order chi connectivity index (χ1) is 7.28. The maximum atomic E-state index is 12.3. The molecular weight excluding hydrogens is 188 g/mol. The zero-order chi connectivity index (χ0) is 10.7. The van der Waals surface area contributed by atoms with E-state index in [1.807, 2.05) is 0 Å². The molecule has 2 aliphatic rings. The second-order valence-corrected chi connectivity index (χ2v) is 5.18. The van der Waals surface area contributed by atoms with Crippen molar-refractivity contribution in [1.29, 1.82) is 0 Å². The van der Waals surface area contributed by atoms with Crippen LogP contribution in [0.2, 0.25) is 0 Å². The summed E-state index contributed by atoms with van der Waals surface area (Å²) in [6.45, 7) is 0. The summed E-state index contributed by atoms with van der Waals surface area (Å²) in [5.41, 5.74) is -0.576. The molecule has 0 saturated heterocycles. The van der Waals surface area contributed by atoms with Crippen molar-refractivity contribution in [3.8, 4) is 0 Å². The minimum absolute atomic E-state index is 0.202. The lowest BCUT2D eigenvalue weighted by molar-refractivity contribution is -0.139. The van der Waals surface area contributed by atoms with Crippen LogP contribution in [0.1, 0.15) is 57.8 Å². The van der Waals surface area contributed by atoms with Crippen LogP contribution < -0.4 is 0 Å². The van der Waals surface area contributed by atoms with E-state index in [4.69, 9.17) is 0 Å². The minimum atomic E-state index is -0.576. The van der Waals surface area contributed by atoms with E-state index in [1.165, 1.54) is 19.3 Å². The lowest BCUT2D eigenvalue weighted by Crippen LogP contribution is -2.38. The van der Waals surface area contributed by atoms with Crippen LogP contribution >= 0.6 is 0 Å². The van der Waals surface area contributed by atoms with Crippen molar-refractivity contribution in [2.75, 3.05) is 0 Å². The minimum Gasteiger partial charge on any atom is -0.302 e. The van der Waals surface area contributed by atoms with Crippen molar-refractivity contribution in [3.63, 3.8) is 0 Å². The molecule has 0 spiro atoms. The number of Topliss-reactive ketones (excluding diaryl/α,β-unsaturated/α-hetero) is 1. The molecule has 2 rings (SSSR count). The number of hydrogen-bond acceptors (Lipinski definition) is 2. The molecule has 0 aromatic heterocycles. The monoisotopic (exact) mass is 208 g/mol. The Balaban J connectivity index is 2.09. The Morgan fingerprint density at radius 2 is 1.60 bits per heavy atom. The summed E-state index contributed by atoms with van der Waals surface area (Å²) in [5, 5.41) is 0. The summed E-state index contributed by atoms with van der Waals surface area (Å²) in [6, 6.07) is 0. The number of hydrogen-bond donors (Lipinski definition) is 0. The molecule has 0 unspecified atom stereocenters. The average Bonchev–Trinajstić information content (AvgIpc) is 2.82. The molecule has 0 atom stereocenters. The first-order valence-electron chi connectivity index (χ1n) is 6.29. The van der Waals surface area contributed by atoms with Crippen LogP contribution in [-0.4, -0.2) is 12.1 Å². The Morgan fingerprint density at radius 3 is 2.13 bits per heavy atom. The lowest BCUT2D eigenvalue weighted by Gasteiger charge is -2.32. The topological polar surface area (TPSA) is 34.1 Å². The maximum Gasteiger partial charge on any atom is 0.149 e. The van der Waals surface area contributed by atoms with Gasteiger partial charge in [-0.25, -0.2) is 0 Å². The van der Waals surface area contributed by atoms with Gasteiger partial charge in [0.05, 0.1) is 5.41 Å². The van der Waals surface area contributed by atoms with Crippen molar-refractivity contribution < 1.29 is 9.59 Å². The van der Waals surface area contributed by atoms with Gasteiger partial charge in [-0.05, 0) is 25.7 Å². The van der Waals surface area contributed by atoms with Crippen LogP contribution in [0.4, 0.5) is 0 Å². The van der Waals surface area contributed by atoms with E-state index in [9.17, 15) is 9.59 Å². The van der Waals surface area contributed by atoms with Gasteiger partial charge in [0.2, 0.25) is 0 Å². The Bertz CT molecular complexity index is 245. The van der Waals surface area contributed by atoms with Crippen LogP contribution in [-0.2, 0) is 9.59 Å². The molecule has 0 N–H and O–H groups in total. The van der Waals surface area contributed by atoms with Crippen molar-refractivity contribution in [2.24, 2.45) is 11.3 Å². The van der Waals surface area contributed by atoms with E-state index in [-0.39, 0.29) is 11.7 Å². The molecule has 2 heteroatoms. The zero-order valence-electron chi connectivity index (χ0n) is 9.34. The molecule has 0 aliphatic heterocycles. The number of carbonyl (C=O) groups is 2. The molecule has 84 valence electrons. The first kappa shape index (κ1) is 10.8. The third-order valence-electron chi connectivity index (χ3n) is 4.19. The third kappa shape index (κ3) is 1.99. The largest absolute Gasteiger partial charge is 0.302 e. The molecular formula is C13H20O2. The Labute approximate surface area is 91.4 Å². The van der Waals surface area contributed by atoms with E-state index in [1.54, 1.807) is 0 Å². The summed E-state index contributed by atoms with van der Waals surface area (Å²) in [5.74, 6) is 0.475. The SMILES string of the molecule is O=CC1(C(=O)C2CCCC2)CCCCC1. The summed E-state index contributed by atoms with van der Waals surface area (Å²) >= 11 is 0. The van der Waals surface area contributed by atoms with E-state index < -0.39 is 5.41 Å². The van der Waals surface area contributed by atoms with E-state index >= 15 is 0 Å². The lowest BCUT2D eigenvalue weighted by atomic mass is 9.69. The Hall–Kier alpha value is -0.660. The van der Waals surface area contributed by atoms with Gasteiger partial charge in [0.15, 0.2) is 0 Å². The van der Waals surface area contributed by atoms with Gasteiger partial charge >= 0.3 is 0 Å². The van der Waals surface area contributed by atoms with Crippen LogP contribution in [0.5, 0.6) is 0 Å². The average molecular weight is 208 g/mol. The smallest absolute Gasteiger partial charge is 0.149 e. The fraction of sp³-hybridized carbons (Fsp3) is 0.846. The predicted molar refractivity (Wildman–Crippen MR) is 58.5 cm³/mol. The quantitative estimate of drug-likeness (QED) is 0.528. The second kappa shape index (κ2) is 4.46. The van der Waals surface area contributed by atoms with Crippen molar-refractivity contribution in [2.45, 2.75) is 57.8 Å². The normalized spacial score (nSPS) is 26.4. The molecule has 0 bridgehead atoms. The van der Waals surface area contributed by atoms with E-state index in [0.29, 0.717) is 0 Å². The van der Waals surface area contributed by atoms with Crippen LogP contribution in [0, 0.1) is 11.3 Å². The highest BCUT2D eigenvalue weighted by Gasteiger charge is 2.42. The molecule has 2 fully saturated rings. The van der Waals surface area contributed by atoms with E-state index in [2.05, 4.69) is 0 Å². The summed E-state index contributed by atoms with van der Waals surface area (Å²) in [6.07, 6.45) is 10.3. The summed E-state index contributed by atoms with van der Waals surface area (Å²) < 4.78 is 0. The number of carbonyl (C=O) groups excluding carboxylic acids is 2. The first-order valence-corrected chi connectivity index (χ1v) is 6.29. The van der Waals surface area contributed by atoms with Crippen LogP contribution in [0.25, 0.3) is 0 Å². The van der Waals surface area contributed by atoms with Gasteiger partial charge < -0.3 is 4.79 Å². The molecule has 2 nitrogen and oxygen atoms in total.